The molecular weight excluding hydrogens is 340 g/mol. The maximum Gasteiger partial charge on any atom is 0.321 e. The van der Waals surface area contributed by atoms with Crippen molar-refractivity contribution >= 4 is 23.4 Å². The highest BCUT2D eigenvalue weighted by Gasteiger charge is 2.19. The van der Waals surface area contributed by atoms with Gasteiger partial charge in [-0.05, 0) is 55.4 Å². The highest BCUT2D eigenvalue weighted by atomic mass is 16.2. The van der Waals surface area contributed by atoms with E-state index in [1.54, 1.807) is 28.2 Å². The number of anilines is 2. The Morgan fingerprint density at radius 1 is 0.889 bits per heavy atom. The molecule has 0 radical (unpaired) electrons. The van der Waals surface area contributed by atoms with E-state index in [1.165, 1.54) is 15.4 Å². The Balaban J connectivity index is 3.49. The smallest absolute Gasteiger partial charge is 0.321 e. The van der Waals surface area contributed by atoms with Crippen LogP contribution in [-0.2, 0) is 12.8 Å². The third kappa shape index (κ3) is 6.45. The van der Waals surface area contributed by atoms with Crippen LogP contribution in [0, 0.1) is 6.92 Å². The van der Waals surface area contributed by atoms with Crippen molar-refractivity contribution in [3.8, 4) is 0 Å². The number of unbranched alkanes of at least 4 members (excludes halogenated alkanes) is 2. The molecular formula is C21H36N4O2. The van der Waals surface area contributed by atoms with E-state index in [2.05, 4.69) is 37.5 Å². The molecule has 27 heavy (non-hydrogen) atoms. The normalized spacial score (nSPS) is 10.5. The minimum absolute atomic E-state index is 0.159. The Kier molecular flexibility index (Phi) is 9.12. The van der Waals surface area contributed by atoms with Crippen LogP contribution in [0.4, 0.5) is 21.0 Å². The third-order valence-corrected chi connectivity index (χ3v) is 4.67. The van der Waals surface area contributed by atoms with E-state index in [1.807, 2.05) is 0 Å². The number of hydrogen-bond donors (Lipinski definition) is 2. The van der Waals surface area contributed by atoms with Crippen LogP contribution in [0.1, 0.15) is 56.2 Å². The van der Waals surface area contributed by atoms with Gasteiger partial charge in [-0.3, -0.25) is 0 Å². The molecule has 0 fully saturated rings. The van der Waals surface area contributed by atoms with Gasteiger partial charge in [-0.1, -0.05) is 26.7 Å². The van der Waals surface area contributed by atoms with Crippen molar-refractivity contribution in [2.24, 2.45) is 0 Å². The molecule has 0 saturated heterocycles. The minimum atomic E-state index is -0.164. The number of benzene rings is 1. The first-order valence-corrected chi connectivity index (χ1v) is 9.84. The topological polar surface area (TPSA) is 64.7 Å². The summed E-state index contributed by atoms with van der Waals surface area (Å²) >= 11 is 0. The Labute approximate surface area is 164 Å². The molecule has 0 heterocycles. The van der Waals surface area contributed by atoms with Gasteiger partial charge in [-0.2, -0.15) is 0 Å². The number of urea groups is 2. The highest BCUT2D eigenvalue weighted by Crippen LogP contribution is 2.34. The van der Waals surface area contributed by atoms with Gasteiger partial charge in [0.25, 0.3) is 0 Å². The monoisotopic (exact) mass is 376 g/mol. The van der Waals surface area contributed by atoms with Gasteiger partial charge in [0.05, 0.1) is 5.69 Å². The molecule has 0 aliphatic carbocycles. The van der Waals surface area contributed by atoms with E-state index in [4.69, 9.17) is 0 Å². The molecule has 6 heteroatoms. The van der Waals surface area contributed by atoms with Crippen LogP contribution < -0.4 is 10.6 Å². The summed E-state index contributed by atoms with van der Waals surface area (Å²) < 4.78 is 0. The summed E-state index contributed by atoms with van der Waals surface area (Å²) in [6.07, 6.45) is 5.92. The SMILES string of the molecule is CCCCc1cc(NC(=O)N(C)C)c(CCCC)c(NC(=O)N(C)C)c1C. The fraction of sp³-hybridized carbons (Fsp3) is 0.619. The molecule has 4 amide bonds. The Hall–Kier alpha value is -2.24. The van der Waals surface area contributed by atoms with Crippen molar-refractivity contribution < 1.29 is 9.59 Å². The lowest BCUT2D eigenvalue weighted by atomic mass is 9.93. The van der Waals surface area contributed by atoms with Crippen molar-refractivity contribution in [2.75, 3.05) is 38.8 Å². The molecule has 0 atom stereocenters. The fourth-order valence-electron chi connectivity index (χ4n) is 2.86. The van der Waals surface area contributed by atoms with Gasteiger partial charge in [-0.25, -0.2) is 9.59 Å². The van der Waals surface area contributed by atoms with E-state index < -0.39 is 0 Å². The van der Waals surface area contributed by atoms with Gasteiger partial charge in [0.15, 0.2) is 0 Å². The highest BCUT2D eigenvalue weighted by molar-refractivity contribution is 5.96. The number of carbonyl (C=O) groups excluding carboxylic acids is 2. The maximum absolute atomic E-state index is 12.4. The summed E-state index contributed by atoms with van der Waals surface area (Å²) in [6.45, 7) is 6.36. The van der Waals surface area contributed by atoms with Crippen LogP contribution in [0.15, 0.2) is 6.07 Å². The van der Waals surface area contributed by atoms with Crippen LogP contribution in [0.25, 0.3) is 0 Å². The number of hydrogen-bond acceptors (Lipinski definition) is 2. The van der Waals surface area contributed by atoms with Crippen LogP contribution in [0.5, 0.6) is 0 Å². The van der Waals surface area contributed by atoms with Crippen molar-refractivity contribution in [3.05, 3.63) is 22.8 Å². The van der Waals surface area contributed by atoms with Crippen LogP contribution in [0.3, 0.4) is 0 Å². The molecule has 1 aromatic carbocycles. The van der Waals surface area contributed by atoms with Gasteiger partial charge in [0.1, 0.15) is 0 Å². The zero-order valence-electron chi connectivity index (χ0n) is 18.0. The molecule has 0 aliphatic heterocycles. The Morgan fingerprint density at radius 3 is 1.93 bits per heavy atom. The van der Waals surface area contributed by atoms with E-state index in [0.29, 0.717) is 0 Å². The molecule has 0 saturated carbocycles. The number of carbonyl (C=O) groups is 2. The van der Waals surface area contributed by atoms with E-state index in [-0.39, 0.29) is 12.1 Å². The average Bonchev–Trinajstić information content (AvgIpc) is 2.61. The van der Waals surface area contributed by atoms with Gasteiger partial charge in [-0.15, -0.1) is 0 Å². The second-order valence-electron chi connectivity index (χ2n) is 7.42. The zero-order valence-corrected chi connectivity index (χ0v) is 18.0. The average molecular weight is 377 g/mol. The number of amides is 4. The summed E-state index contributed by atoms with van der Waals surface area (Å²) in [5.41, 5.74) is 4.89. The van der Waals surface area contributed by atoms with Gasteiger partial charge >= 0.3 is 12.1 Å². The van der Waals surface area contributed by atoms with Gasteiger partial charge in [0.2, 0.25) is 0 Å². The molecule has 1 aromatic rings. The van der Waals surface area contributed by atoms with Crippen molar-refractivity contribution in [1.82, 2.24) is 9.80 Å². The maximum atomic E-state index is 12.4. The molecule has 0 aromatic heterocycles. The predicted molar refractivity (Wildman–Crippen MR) is 114 cm³/mol. The summed E-state index contributed by atoms with van der Waals surface area (Å²) in [5.74, 6) is 0. The summed E-state index contributed by atoms with van der Waals surface area (Å²) in [7, 11) is 6.90. The van der Waals surface area contributed by atoms with E-state index in [0.717, 1.165) is 61.0 Å². The van der Waals surface area contributed by atoms with Crippen molar-refractivity contribution in [3.63, 3.8) is 0 Å². The number of rotatable bonds is 8. The van der Waals surface area contributed by atoms with Gasteiger partial charge < -0.3 is 20.4 Å². The molecule has 6 nitrogen and oxygen atoms in total. The van der Waals surface area contributed by atoms with Crippen LogP contribution in [0.2, 0.25) is 0 Å². The molecule has 0 aliphatic rings. The quantitative estimate of drug-likeness (QED) is 0.680. The molecule has 0 unspecified atom stereocenters. The van der Waals surface area contributed by atoms with Crippen molar-refractivity contribution in [2.45, 2.75) is 59.3 Å². The summed E-state index contributed by atoms with van der Waals surface area (Å²) in [4.78, 5) is 27.7. The predicted octanol–water partition coefficient (Wildman–Crippen LogP) is 4.87. The lowest BCUT2D eigenvalue weighted by Gasteiger charge is -2.24. The third-order valence-electron chi connectivity index (χ3n) is 4.67. The first kappa shape index (κ1) is 22.8. The lowest BCUT2D eigenvalue weighted by molar-refractivity contribution is 0.230. The van der Waals surface area contributed by atoms with Gasteiger partial charge in [0, 0.05) is 33.9 Å². The molecule has 0 spiro atoms. The number of nitrogens with zero attached hydrogens (tertiary/aromatic N) is 2. The first-order chi connectivity index (χ1) is 12.7. The fourth-order valence-corrected chi connectivity index (χ4v) is 2.86. The standard InChI is InChI=1S/C21H36N4O2/c1-8-10-12-16-14-18(22-20(26)24(4)5)17(13-11-9-2)19(15(16)3)23-21(27)25(6)7/h14H,8-13H2,1-7H3,(H,22,26)(H,23,27). The summed E-state index contributed by atoms with van der Waals surface area (Å²) in [5, 5.41) is 6.10. The Morgan fingerprint density at radius 2 is 1.41 bits per heavy atom. The van der Waals surface area contributed by atoms with Crippen molar-refractivity contribution in [1.29, 1.82) is 0 Å². The molecule has 1 rings (SSSR count). The summed E-state index contributed by atoms with van der Waals surface area (Å²) in [6, 6.07) is 1.76. The number of aryl methyl sites for hydroxylation is 1. The largest absolute Gasteiger partial charge is 0.331 e. The zero-order chi connectivity index (χ0) is 20.6. The molecule has 152 valence electrons. The second kappa shape index (κ2) is 10.8. The first-order valence-electron chi connectivity index (χ1n) is 9.84. The van der Waals surface area contributed by atoms with Crippen LogP contribution >= 0.6 is 0 Å². The van der Waals surface area contributed by atoms with E-state index in [9.17, 15) is 9.59 Å². The lowest BCUT2D eigenvalue weighted by Crippen LogP contribution is -2.30. The molecule has 0 bridgehead atoms. The van der Waals surface area contributed by atoms with E-state index >= 15 is 0 Å². The number of nitrogens with one attached hydrogen (secondary N) is 2. The molecule has 2 N–H and O–H groups in total. The van der Waals surface area contributed by atoms with Crippen LogP contribution in [-0.4, -0.2) is 50.1 Å². The Bertz CT molecular complexity index is 654. The minimum Gasteiger partial charge on any atom is -0.331 e. The second-order valence-corrected chi connectivity index (χ2v) is 7.42.